The Labute approximate surface area is 163 Å². The molecule has 2 aliphatic rings. The molecule has 1 N–H and O–H groups in total. The summed E-state index contributed by atoms with van der Waals surface area (Å²) in [5, 5.41) is 9.28. The minimum atomic E-state index is -2.49. The van der Waals surface area contributed by atoms with E-state index in [9.17, 15) is 13.6 Å². The summed E-state index contributed by atoms with van der Waals surface area (Å²) in [5.41, 5.74) is 3.36. The van der Waals surface area contributed by atoms with Crippen LogP contribution >= 0.6 is 11.6 Å². The second-order valence-electron chi connectivity index (χ2n) is 7.55. The number of hydrogen-bond donors (Lipinski definition) is 1. The van der Waals surface area contributed by atoms with Gasteiger partial charge in [-0.2, -0.15) is 0 Å². The van der Waals surface area contributed by atoms with E-state index in [-0.39, 0.29) is 25.2 Å². The lowest BCUT2D eigenvalue weighted by molar-refractivity contribution is -0.136. The van der Waals surface area contributed by atoms with Crippen molar-refractivity contribution in [2.24, 2.45) is 5.92 Å². The quantitative estimate of drug-likeness (QED) is 0.569. The first-order chi connectivity index (χ1) is 12.8. The van der Waals surface area contributed by atoms with Crippen LogP contribution in [-0.4, -0.2) is 23.6 Å². The molecule has 148 valence electrons. The number of aryl methyl sites for hydroxylation is 1. The Morgan fingerprint density at radius 1 is 1.26 bits per heavy atom. The van der Waals surface area contributed by atoms with Crippen LogP contribution in [0.25, 0.3) is 0 Å². The lowest BCUT2D eigenvalue weighted by atomic mass is 9.80. The highest BCUT2D eigenvalue weighted by Crippen LogP contribution is 2.43. The van der Waals surface area contributed by atoms with Crippen LogP contribution < -0.4 is 4.74 Å². The summed E-state index contributed by atoms with van der Waals surface area (Å²) in [4.78, 5) is 10.7. The first kappa shape index (κ1) is 20.1. The van der Waals surface area contributed by atoms with Crippen molar-refractivity contribution in [3.05, 3.63) is 39.9 Å². The average Bonchev–Trinajstić information content (AvgIpc) is 3.07. The van der Waals surface area contributed by atoms with Crippen LogP contribution in [0.4, 0.5) is 8.78 Å². The van der Waals surface area contributed by atoms with E-state index in [4.69, 9.17) is 21.4 Å². The molecule has 0 aromatic heterocycles. The maximum atomic E-state index is 13.4. The van der Waals surface area contributed by atoms with Gasteiger partial charge in [-0.25, -0.2) is 8.78 Å². The van der Waals surface area contributed by atoms with Crippen molar-refractivity contribution in [3.63, 3.8) is 0 Å². The van der Waals surface area contributed by atoms with Crippen molar-refractivity contribution < 1.29 is 23.4 Å². The summed E-state index contributed by atoms with van der Waals surface area (Å²) in [6, 6.07) is 5.32. The maximum Gasteiger partial charge on any atom is 0.303 e. The van der Waals surface area contributed by atoms with Crippen molar-refractivity contribution in [3.8, 4) is 5.75 Å². The van der Waals surface area contributed by atoms with Crippen molar-refractivity contribution in [1.29, 1.82) is 0 Å². The topological polar surface area (TPSA) is 46.5 Å². The van der Waals surface area contributed by atoms with Crippen LogP contribution in [0.3, 0.4) is 0 Å². The zero-order valence-electron chi connectivity index (χ0n) is 15.3. The third kappa shape index (κ3) is 5.44. The summed E-state index contributed by atoms with van der Waals surface area (Å²) in [7, 11) is 0. The molecule has 1 saturated carbocycles. The molecule has 1 fully saturated rings. The third-order valence-electron chi connectivity index (χ3n) is 5.63. The van der Waals surface area contributed by atoms with Gasteiger partial charge in [0.1, 0.15) is 12.4 Å². The highest BCUT2D eigenvalue weighted by atomic mass is 35.5. The number of ether oxygens (including phenoxy) is 1. The number of benzene rings is 1. The molecule has 2 aliphatic carbocycles. The molecule has 1 aromatic rings. The van der Waals surface area contributed by atoms with E-state index in [1.807, 2.05) is 0 Å². The SMILES string of the molecule is O=C(O)CCc1ccc(OCC2=C(C3CCC(F)(F)CC3)CCC2)cc1Cl. The summed E-state index contributed by atoms with van der Waals surface area (Å²) in [6.45, 7) is 0.465. The Morgan fingerprint density at radius 2 is 2.00 bits per heavy atom. The second-order valence-corrected chi connectivity index (χ2v) is 7.96. The highest BCUT2D eigenvalue weighted by Gasteiger charge is 2.37. The van der Waals surface area contributed by atoms with E-state index in [0.717, 1.165) is 24.8 Å². The highest BCUT2D eigenvalue weighted by molar-refractivity contribution is 6.31. The van der Waals surface area contributed by atoms with Gasteiger partial charge in [-0.1, -0.05) is 23.2 Å². The van der Waals surface area contributed by atoms with Crippen molar-refractivity contribution in [2.75, 3.05) is 6.61 Å². The molecule has 1 aromatic carbocycles. The van der Waals surface area contributed by atoms with Crippen LogP contribution in [0.5, 0.6) is 5.75 Å². The van der Waals surface area contributed by atoms with Gasteiger partial charge < -0.3 is 9.84 Å². The van der Waals surface area contributed by atoms with Gasteiger partial charge in [-0.05, 0) is 67.7 Å². The Morgan fingerprint density at radius 3 is 2.67 bits per heavy atom. The number of alkyl halides is 2. The average molecular weight is 399 g/mol. The molecule has 0 radical (unpaired) electrons. The molecule has 3 nitrogen and oxygen atoms in total. The van der Waals surface area contributed by atoms with E-state index in [2.05, 4.69) is 0 Å². The molecule has 0 bridgehead atoms. The summed E-state index contributed by atoms with van der Waals surface area (Å²) >= 11 is 6.23. The van der Waals surface area contributed by atoms with Gasteiger partial charge >= 0.3 is 5.97 Å². The summed E-state index contributed by atoms with van der Waals surface area (Å²) in [5.74, 6) is -2.43. The molecule has 0 aliphatic heterocycles. The molecule has 0 heterocycles. The molecule has 0 atom stereocenters. The van der Waals surface area contributed by atoms with Crippen LogP contribution in [0.1, 0.15) is 56.9 Å². The fourth-order valence-electron chi connectivity index (χ4n) is 4.11. The van der Waals surface area contributed by atoms with Crippen molar-refractivity contribution >= 4 is 17.6 Å². The third-order valence-corrected chi connectivity index (χ3v) is 5.99. The largest absolute Gasteiger partial charge is 0.489 e. The van der Waals surface area contributed by atoms with Gasteiger partial charge in [-0.15, -0.1) is 0 Å². The maximum absolute atomic E-state index is 13.4. The summed E-state index contributed by atoms with van der Waals surface area (Å²) < 4.78 is 32.7. The Kier molecular flexibility index (Phi) is 6.40. The lowest BCUT2D eigenvalue weighted by Crippen LogP contribution is -2.25. The van der Waals surface area contributed by atoms with Crippen LogP contribution in [0.15, 0.2) is 29.3 Å². The zero-order valence-corrected chi connectivity index (χ0v) is 16.0. The number of halogens is 3. The van der Waals surface area contributed by atoms with E-state index in [1.54, 1.807) is 18.2 Å². The number of carboxylic acids is 1. The van der Waals surface area contributed by atoms with Gasteiger partial charge in [0.25, 0.3) is 0 Å². The second kappa shape index (κ2) is 8.59. The van der Waals surface area contributed by atoms with E-state index >= 15 is 0 Å². The number of hydrogen-bond acceptors (Lipinski definition) is 2. The molecular weight excluding hydrogens is 374 g/mol. The zero-order chi connectivity index (χ0) is 19.4. The minimum absolute atomic E-state index is 0.0112. The number of rotatable bonds is 7. The Hall–Kier alpha value is -1.62. The number of carboxylic acid groups (broad SMARTS) is 1. The van der Waals surface area contributed by atoms with Crippen molar-refractivity contribution in [1.82, 2.24) is 0 Å². The Balaban J connectivity index is 1.60. The number of aliphatic carboxylic acids is 1. The van der Waals surface area contributed by atoms with Crippen LogP contribution in [-0.2, 0) is 11.2 Å². The first-order valence-corrected chi connectivity index (χ1v) is 9.93. The number of carbonyl (C=O) groups is 1. The van der Waals surface area contributed by atoms with Gasteiger partial charge in [0.05, 0.1) is 0 Å². The fraction of sp³-hybridized carbons (Fsp3) is 0.571. The first-order valence-electron chi connectivity index (χ1n) is 9.56. The predicted octanol–water partition coefficient (Wildman–Crippen LogP) is 6.04. The molecule has 0 saturated heterocycles. The predicted molar refractivity (Wildman–Crippen MR) is 101 cm³/mol. The molecule has 6 heteroatoms. The van der Waals surface area contributed by atoms with Gasteiger partial charge in [0.2, 0.25) is 5.92 Å². The van der Waals surface area contributed by atoms with Gasteiger partial charge in [0.15, 0.2) is 0 Å². The number of allylic oxidation sites excluding steroid dienone is 1. The smallest absolute Gasteiger partial charge is 0.303 e. The Bertz CT molecular complexity index is 720. The van der Waals surface area contributed by atoms with Crippen LogP contribution in [0, 0.1) is 5.92 Å². The van der Waals surface area contributed by atoms with Crippen molar-refractivity contribution in [2.45, 2.75) is 63.7 Å². The van der Waals surface area contributed by atoms with Gasteiger partial charge in [-0.3, -0.25) is 4.79 Å². The lowest BCUT2D eigenvalue weighted by Gasteiger charge is -2.30. The standard InChI is InChI=1S/C21H25ClF2O3/c22-19-12-17(6-4-15(19)5-7-20(25)26)27-13-16-2-1-3-18(16)14-8-10-21(23,24)11-9-14/h4,6,12,14H,1-3,5,7-11,13H2,(H,25,26). The molecule has 3 rings (SSSR count). The normalized spacial score (nSPS) is 20.1. The molecular formula is C21H25ClF2O3. The molecule has 0 amide bonds. The monoisotopic (exact) mass is 398 g/mol. The van der Waals surface area contributed by atoms with Gasteiger partial charge in [0, 0.05) is 24.3 Å². The fourth-order valence-corrected chi connectivity index (χ4v) is 4.37. The summed E-state index contributed by atoms with van der Waals surface area (Å²) in [6.07, 6.45) is 4.55. The molecule has 0 spiro atoms. The van der Waals surface area contributed by atoms with E-state index < -0.39 is 11.9 Å². The molecule has 0 unspecified atom stereocenters. The van der Waals surface area contributed by atoms with E-state index in [0.29, 0.717) is 36.6 Å². The van der Waals surface area contributed by atoms with E-state index in [1.165, 1.54) is 11.1 Å². The molecule has 27 heavy (non-hydrogen) atoms. The minimum Gasteiger partial charge on any atom is -0.489 e. The van der Waals surface area contributed by atoms with Crippen LogP contribution in [0.2, 0.25) is 5.02 Å².